The summed E-state index contributed by atoms with van der Waals surface area (Å²) in [6.07, 6.45) is -3.16. The summed E-state index contributed by atoms with van der Waals surface area (Å²) < 4.78 is 74.2. The third-order valence-electron chi connectivity index (χ3n) is 5.95. The minimum atomic E-state index is -4.66. The molecule has 0 spiro atoms. The first-order valence-electron chi connectivity index (χ1n) is 9.99. The van der Waals surface area contributed by atoms with Gasteiger partial charge in [-0.1, -0.05) is 22.0 Å². The second-order valence-corrected chi connectivity index (χ2v) is 11.4. The number of alkyl halides is 3. The fourth-order valence-electron chi connectivity index (χ4n) is 4.44. The van der Waals surface area contributed by atoms with Crippen molar-refractivity contribution in [3.63, 3.8) is 0 Å². The van der Waals surface area contributed by atoms with Gasteiger partial charge in [0.05, 0.1) is 34.2 Å². The number of benzene rings is 2. The number of hydrogen-bond donors (Lipinski definition) is 0. The molecule has 0 N–H and O–H groups in total. The number of ether oxygens (including phenoxy) is 1. The maximum atomic E-state index is 13.4. The molecule has 0 saturated heterocycles. The molecule has 10 heteroatoms. The zero-order valence-corrected chi connectivity index (χ0v) is 19.5. The monoisotopic (exact) mass is 528 g/mol. The van der Waals surface area contributed by atoms with Crippen LogP contribution in [0, 0.1) is 22.7 Å². The highest BCUT2D eigenvalue weighted by Gasteiger charge is 2.43. The molecule has 170 valence electrons. The second-order valence-electron chi connectivity index (χ2n) is 8.60. The van der Waals surface area contributed by atoms with Gasteiger partial charge in [-0.25, -0.2) is 8.42 Å². The molecule has 4 rings (SSSR count). The number of anilines is 1. The highest BCUT2D eigenvalue weighted by molar-refractivity contribution is 9.10. The van der Waals surface area contributed by atoms with Crippen LogP contribution in [0.15, 0.2) is 51.8 Å². The lowest BCUT2D eigenvalue weighted by molar-refractivity contribution is -0.137. The van der Waals surface area contributed by atoms with E-state index in [0.29, 0.717) is 35.6 Å². The van der Waals surface area contributed by atoms with Crippen molar-refractivity contribution in [2.24, 2.45) is 11.3 Å². The summed E-state index contributed by atoms with van der Waals surface area (Å²) >= 11 is 3.32. The van der Waals surface area contributed by atoms with Gasteiger partial charge in [-0.2, -0.15) is 18.4 Å². The fraction of sp³-hybridized carbons (Fsp3) is 0.409. The zero-order valence-electron chi connectivity index (χ0n) is 17.1. The number of nitrogens with zero attached hydrogens (tertiary/aromatic N) is 2. The Bertz CT molecular complexity index is 1190. The van der Waals surface area contributed by atoms with Crippen LogP contribution in [0.1, 0.15) is 31.7 Å². The largest absolute Gasteiger partial charge is 0.486 e. The normalized spacial score (nSPS) is 25.3. The molecule has 0 amide bonds. The third kappa shape index (κ3) is 4.33. The van der Waals surface area contributed by atoms with E-state index in [9.17, 15) is 26.9 Å². The predicted molar refractivity (Wildman–Crippen MR) is 116 cm³/mol. The number of sulfonamides is 1. The lowest BCUT2D eigenvalue weighted by Crippen LogP contribution is -2.46. The molecule has 32 heavy (non-hydrogen) atoms. The summed E-state index contributed by atoms with van der Waals surface area (Å²) in [6.45, 7) is 1.87. The van der Waals surface area contributed by atoms with Crippen LogP contribution in [0.4, 0.5) is 18.9 Å². The molecule has 1 aliphatic heterocycles. The second kappa shape index (κ2) is 7.96. The Kier molecular flexibility index (Phi) is 5.70. The summed E-state index contributed by atoms with van der Waals surface area (Å²) in [6, 6.07) is 11.0. The Morgan fingerprint density at radius 2 is 1.97 bits per heavy atom. The van der Waals surface area contributed by atoms with E-state index in [1.807, 2.05) is 6.92 Å². The quantitative estimate of drug-likeness (QED) is 0.506. The van der Waals surface area contributed by atoms with Crippen LogP contribution in [-0.2, 0) is 16.2 Å². The lowest BCUT2D eigenvalue weighted by Gasteiger charge is -2.43. The van der Waals surface area contributed by atoms with E-state index in [1.54, 1.807) is 18.2 Å². The zero-order chi connectivity index (χ0) is 23.3. The SMILES string of the molecule is CC1(C#N)CC(C[C@H]2CN(S(=O)(=O)c3cccc(C(F)(F)F)c3)c3cc(Br)ccc3O2)C1. The summed E-state index contributed by atoms with van der Waals surface area (Å²) in [5.74, 6) is 0.571. The van der Waals surface area contributed by atoms with Gasteiger partial charge in [0, 0.05) is 4.47 Å². The van der Waals surface area contributed by atoms with Gasteiger partial charge in [-0.3, -0.25) is 4.31 Å². The smallest absolute Gasteiger partial charge is 0.416 e. The van der Waals surface area contributed by atoms with Crippen LogP contribution in [0.25, 0.3) is 0 Å². The first-order valence-corrected chi connectivity index (χ1v) is 12.2. The summed E-state index contributed by atoms with van der Waals surface area (Å²) in [5, 5.41) is 9.23. The number of nitriles is 1. The Morgan fingerprint density at radius 1 is 1.25 bits per heavy atom. The molecule has 1 saturated carbocycles. The van der Waals surface area contributed by atoms with Crippen molar-refractivity contribution in [3.05, 3.63) is 52.5 Å². The van der Waals surface area contributed by atoms with Crippen molar-refractivity contribution in [1.29, 1.82) is 5.26 Å². The van der Waals surface area contributed by atoms with E-state index in [-0.39, 0.29) is 23.6 Å². The van der Waals surface area contributed by atoms with E-state index in [0.717, 1.165) is 22.5 Å². The molecular weight excluding hydrogens is 509 g/mol. The van der Waals surface area contributed by atoms with Crippen molar-refractivity contribution in [2.75, 3.05) is 10.8 Å². The van der Waals surface area contributed by atoms with Crippen LogP contribution < -0.4 is 9.04 Å². The van der Waals surface area contributed by atoms with Crippen molar-refractivity contribution < 1.29 is 26.3 Å². The van der Waals surface area contributed by atoms with Gasteiger partial charge in [0.2, 0.25) is 0 Å². The minimum Gasteiger partial charge on any atom is -0.486 e. The molecule has 2 aliphatic rings. The molecule has 2 aromatic carbocycles. The van der Waals surface area contributed by atoms with Gasteiger partial charge >= 0.3 is 6.18 Å². The summed E-state index contributed by atoms with van der Waals surface area (Å²) in [5.41, 5.74) is -1.13. The van der Waals surface area contributed by atoms with Crippen LogP contribution in [0.5, 0.6) is 5.75 Å². The number of halogens is 4. The fourth-order valence-corrected chi connectivity index (χ4v) is 6.33. The van der Waals surface area contributed by atoms with Crippen molar-refractivity contribution in [3.8, 4) is 11.8 Å². The summed E-state index contributed by atoms with van der Waals surface area (Å²) in [7, 11) is -4.28. The first-order chi connectivity index (χ1) is 14.9. The molecule has 1 aliphatic carbocycles. The molecule has 0 aromatic heterocycles. The molecule has 1 heterocycles. The van der Waals surface area contributed by atoms with E-state index in [2.05, 4.69) is 22.0 Å². The molecular formula is C22H20BrF3N2O3S. The Labute approximate surface area is 193 Å². The topological polar surface area (TPSA) is 70.4 Å². The van der Waals surface area contributed by atoms with E-state index >= 15 is 0 Å². The minimum absolute atomic E-state index is 0.0260. The van der Waals surface area contributed by atoms with Gasteiger partial charge in [-0.05, 0) is 68.5 Å². The molecule has 0 unspecified atom stereocenters. The van der Waals surface area contributed by atoms with Gasteiger partial charge in [0.15, 0.2) is 0 Å². The van der Waals surface area contributed by atoms with Crippen LogP contribution in [0.2, 0.25) is 0 Å². The molecule has 0 bridgehead atoms. The van der Waals surface area contributed by atoms with Gasteiger partial charge in [0.1, 0.15) is 11.9 Å². The number of hydrogen-bond acceptors (Lipinski definition) is 4. The Hall–Kier alpha value is -2.25. The van der Waals surface area contributed by atoms with Crippen LogP contribution in [-0.4, -0.2) is 21.1 Å². The third-order valence-corrected chi connectivity index (χ3v) is 8.22. The maximum absolute atomic E-state index is 13.4. The Morgan fingerprint density at radius 3 is 2.62 bits per heavy atom. The van der Waals surface area contributed by atoms with Gasteiger partial charge in [-0.15, -0.1) is 0 Å². The highest BCUT2D eigenvalue weighted by Crippen LogP contribution is 2.48. The van der Waals surface area contributed by atoms with Crippen molar-refractivity contribution >= 4 is 31.6 Å². The van der Waals surface area contributed by atoms with Crippen molar-refractivity contribution in [2.45, 2.75) is 43.4 Å². The number of fused-ring (bicyclic) bond motifs is 1. The van der Waals surface area contributed by atoms with E-state index < -0.39 is 32.8 Å². The molecule has 1 fully saturated rings. The van der Waals surface area contributed by atoms with Crippen molar-refractivity contribution in [1.82, 2.24) is 0 Å². The molecule has 1 atom stereocenters. The van der Waals surface area contributed by atoms with Gasteiger partial charge in [0.25, 0.3) is 10.0 Å². The average molecular weight is 529 g/mol. The highest BCUT2D eigenvalue weighted by atomic mass is 79.9. The van der Waals surface area contributed by atoms with Crippen LogP contribution in [0.3, 0.4) is 0 Å². The number of rotatable bonds is 4. The predicted octanol–water partition coefficient (Wildman–Crippen LogP) is 5.75. The standard InChI is InChI=1S/C22H20BrF3N2O3S/c1-21(13-27)10-14(11-21)7-17-12-28(19-9-16(23)5-6-20(19)31-17)32(29,30)18-4-2-3-15(8-18)22(24,25)26/h2-6,8-9,14,17H,7,10-12H2,1H3/t14?,17-,21?/m0/s1. The van der Waals surface area contributed by atoms with E-state index in [4.69, 9.17) is 4.74 Å². The maximum Gasteiger partial charge on any atom is 0.416 e. The summed E-state index contributed by atoms with van der Waals surface area (Å²) in [4.78, 5) is -0.431. The Balaban J connectivity index is 1.67. The van der Waals surface area contributed by atoms with E-state index in [1.165, 1.54) is 0 Å². The first kappa shape index (κ1) is 22.9. The molecule has 5 nitrogen and oxygen atoms in total. The van der Waals surface area contributed by atoms with Crippen LogP contribution >= 0.6 is 15.9 Å². The average Bonchev–Trinajstić information content (AvgIpc) is 2.71. The van der Waals surface area contributed by atoms with Gasteiger partial charge < -0.3 is 4.74 Å². The molecule has 2 aromatic rings. The molecule has 0 radical (unpaired) electrons. The lowest BCUT2D eigenvalue weighted by atomic mass is 9.62.